The number of aliphatic hydroxyl groups is 1. The third-order valence-corrected chi connectivity index (χ3v) is 8.30. The van der Waals surface area contributed by atoms with Gasteiger partial charge in [0.25, 0.3) is 5.91 Å². The maximum atomic E-state index is 14.4. The lowest BCUT2D eigenvalue weighted by atomic mass is 9.92. The summed E-state index contributed by atoms with van der Waals surface area (Å²) in [4.78, 5) is 15.4. The standard InChI is InChI=1S/C34H36ClFN2O3/c1-22-9-6-14-30(36)31(22)34(40)37-25(21-39)19-23-10-7-12-27-26(23)11-8-13-28(27)32-29(35)16-15-24(33(32)41-2)20-38-17-4-3-5-18-38/h6-16,25,39H,3-5,17-21H2,1-2H3,(H,37,40)/t25-/m0/s1. The lowest BCUT2D eigenvalue weighted by Crippen LogP contribution is -2.39. The number of hydrogen-bond donors (Lipinski definition) is 2. The van der Waals surface area contributed by atoms with Crippen molar-refractivity contribution >= 4 is 28.3 Å². The molecule has 1 amide bonds. The summed E-state index contributed by atoms with van der Waals surface area (Å²) in [6, 6.07) is 20.0. The van der Waals surface area contributed by atoms with Crippen LogP contribution in [0.5, 0.6) is 5.75 Å². The first kappa shape index (κ1) is 29.1. The minimum Gasteiger partial charge on any atom is -0.496 e. The van der Waals surface area contributed by atoms with E-state index in [1.807, 2.05) is 36.4 Å². The fourth-order valence-electron chi connectivity index (χ4n) is 5.94. The lowest BCUT2D eigenvalue weighted by Gasteiger charge is -2.28. The number of piperidine rings is 1. The van der Waals surface area contributed by atoms with Gasteiger partial charge in [0.15, 0.2) is 0 Å². The molecule has 7 heteroatoms. The number of likely N-dealkylation sites (tertiary alicyclic amines) is 1. The Labute approximate surface area is 245 Å². The van der Waals surface area contributed by atoms with Crippen LogP contribution in [-0.4, -0.2) is 48.8 Å². The number of carbonyl (C=O) groups excluding carboxylic acids is 1. The molecule has 1 fully saturated rings. The van der Waals surface area contributed by atoms with Gasteiger partial charge in [-0.25, -0.2) is 4.39 Å². The zero-order valence-corrected chi connectivity index (χ0v) is 24.3. The minimum atomic E-state index is -0.596. The van der Waals surface area contributed by atoms with E-state index < -0.39 is 17.8 Å². The molecule has 2 N–H and O–H groups in total. The molecule has 5 nitrogen and oxygen atoms in total. The van der Waals surface area contributed by atoms with Gasteiger partial charge in [-0.15, -0.1) is 0 Å². The smallest absolute Gasteiger partial charge is 0.254 e. The molecule has 1 heterocycles. The Bertz CT molecular complexity index is 1530. The Morgan fingerprint density at radius 3 is 2.46 bits per heavy atom. The zero-order chi connectivity index (χ0) is 28.9. The molecule has 41 heavy (non-hydrogen) atoms. The van der Waals surface area contributed by atoms with E-state index in [0.717, 1.165) is 58.4 Å². The summed E-state index contributed by atoms with van der Waals surface area (Å²) in [7, 11) is 1.69. The molecule has 5 rings (SSSR count). The summed E-state index contributed by atoms with van der Waals surface area (Å²) in [6.07, 6.45) is 4.08. The molecule has 4 aromatic rings. The average molecular weight is 575 g/mol. The molecule has 1 atom stereocenters. The zero-order valence-electron chi connectivity index (χ0n) is 23.6. The van der Waals surface area contributed by atoms with Crippen molar-refractivity contribution in [2.75, 3.05) is 26.8 Å². The number of fused-ring (bicyclic) bond motifs is 1. The normalized spacial score (nSPS) is 14.7. The van der Waals surface area contributed by atoms with E-state index in [-0.39, 0.29) is 12.2 Å². The first-order chi connectivity index (χ1) is 19.9. The van der Waals surface area contributed by atoms with E-state index in [9.17, 15) is 14.3 Å². The van der Waals surface area contributed by atoms with E-state index in [0.29, 0.717) is 17.0 Å². The molecule has 0 bridgehead atoms. The highest BCUT2D eigenvalue weighted by Crippen LogP contribution is 2.43. The van der Waals surface area contributed by atoms with Gasteiger partial charge in [0.1, 0.15) is 11.6 Å². The van der Waals surface area contributed by atoms with Crippen LogP contribution in [0.25, 0.3) is 21.9 Å². The molecular weight excluding hydrogens is 539 g/mol. The van der Waals surface area contributed by atoms with Gasteiger partial charge in [-0.1, -0.05) is 72.6 Å². The van der Waals surface area contributed by atoms with Crippen LogP contribution >= 0.6 is 11.6 Å². The average Bonchev–Trinajstić information content (AvgIpc) is 2.98. The van der Waals surface area contributed by atoms with Crippen LogP contribution in [0.1, 0.15) is 46.3 Å². The van der Waals surface area contributed by atoms with E-state index in [1.165, 1.54) is 25.3 Å². The molecular formula is C34H36ClFN2O3. The van der Waals surface area contributed by atoms with Crippen LogP contribution in [0.4, 0.5) is 4.39 Å². The van der Waals surface area contributed by atoms with Crippen LogP contribution in [0.3, 0.4) is 0 Å². The number of nitrogens with zero attached hydrogens (tertiary/aromatic N) is 1. The Hall–Kier alpha value is -3.45. The third kappa shape index (κ3) is 6.25. The summed E-state index contributed by atoms with van der Waals surface area (Å²) in [5, 5.41) is 15.6. The Morgan fingerprint density at radius 2 is 1.73 bits per heavy atom. The molecule has 4 aromatic carbocycles. The van der Waals surface area contributed by atoms with Gasteiger partial charge in [-0.2, -0.15) is 0 Å². The number of rotatable bonds is 9. The Balaban J connectivity index is 1.48. The van der Waals surface area contributed by atoms with Crippen molar-refractivity contribution in [1.82, 2.24) is 10.2 Å². The summed E-state index contributed by atoms with van der Waals surface area (Å²) in [5.74, 6) is -0.341. The fraction of sp³-hybridized carbons (Fsp3) is 0.324. The van der Waals surface area contributed by atoms with Gasteiger partial charge >= 0.3 is 0 Å². The monoisotopic (exact) mass is 574 g/mol. The van der Waals surface area contributed by atoms with E-state index in [1.54, 1.807) is 26.2 Å². The molecule has 1 saturated heterocycles. The summed E-state index contributed by atoms with van der Waals surface area (Å²) >= 11 is 6.84. The van der Waals surface area contributed by atoms with E-state index in [4.69, 9.17) is 16.3 Å². The highest BCUT2D eigenvalue weighted by atomic mass is 35.5. The van der Waals surface area contributed by atoms with Crippen molar-refractivity contribution in [3.63, 3.8) is 0 Å². The van der Waals surface area contributed by atoms with Crippen LogP contribution in [0.2, 0.25) is 5.02 Å². The quantitative estimate of drug-likeness (QED) is 0.227. The number of carbonyl (C=O) groups is 1. The predicted molar refractivity (Wildman–Crippen MR) is 163 cm³/mol. The van der Waals surface area contributed by atoms with Gasteiger partial charge < -0.3 is 15.2 Å². The molecule has 0 aliphatic carbocycles. The van der Waals surface area contributed by atoms with Gasteiger partial charge in [-0.05, 0) is 78.9 Å². The SMILES string of the molecule is COc1c(CN2CCCCC2)ccc(Cl)c1-c1cccc2c(C[C@@H](CO)NC(=O)c3c(C)cccc3F)cccc12. The number of aliphatic hydroxyl groups excluding tert-OH is 1. The molecule has 1 aliphatic rings. The van der Waals surface area contributed by atoms with Crippen molar-refractivity contribution in [3.05, 3.63) is 99.8 Å². The summed E-state index contributed by atoms with van der Waals surface area (Å²) < 4.78 is 20.4. The molecule has 0 radical (unpaired) electrons. The lowest BCUT2D eigenvalue weighted by molar-refractivity contribution is 0.0912. The number of amides is 1. The minimum absolute atomic E-state index is 0.00247. The molecule has 1 aliphatic heterocycles. The predicted octanol–water partition coefficient (Wildman–Crippen LogP) is 6.94. The third-order valence-electron chi connectivity index (χ3n) is 7.99. The maximum Gasteiger partial charge on any atom is 0.254 e. The summed E-state index contributed by atoms with van der Waals surface area (Å²) in [6.45, 7) is 4.38. The van der Waals surface area contributed by atoms with Crippen LogP contribution < -0.4 is 10.1 Å². The molecule has 0 aromatic heterocycles. The number of aryl methyl sites for hydroxylation is 1. The topological polar surface area (TPSA) is 61.8 Å². The van der Waals surface area contributed by atoms with Crippen molar-refractivity contribution < 1.29 is 19.0 Å². The van der Waals surface area contributed by atoms with Crippen molar-refractivity contribution in [2.45, 2.75) is 45.2 Å². The largest absolute Gasteiger partial charge is 0.496 e. The first-order valence-electron chi connectivity index (χ1n) is 14.2. The molecule has 0 unspecified atom stereocenters. The number of hydrogen-bond acceptors (Lipinski definition) is 4. The maximum absolute atomic E-state index is 14.4. The van der Waals surface area contributed by atoms with Crippen molar-refractivity contribution in [3.8, 4) is 16.9 Å². The second-order valence-corrected chi connectivity index (χ2v) is 11.2. The van der Waals surface area contributed by atoms with E-state index in [2.05, 4.69) is 22.3 Å². The van der Waals surface area contributed by atoms with E-state index >= 15 is 0 Å². The first-order valence-corrected chi connectivity index (χ1v) is 14.5. The number of benzene rings is 4. The van der Waals surface area contributed by atoms with Gasteiger partial charge in [0.2, 0.25) is 0 Å². The number of nitrogens with one attached hydrogen (secondary N) is 1. The molecule has 0 spiro atoms. The van der Waals surface area contributed by atoms with Gasteiger partial charge in [-0.3, -0.25) is 9.69 Å². The van der Waals surface area contributed by atoms with Crippen LogP contribution in [-0.2, 0) is 13.0 Å². The van der Waals surface area contributed by atoms with Crippen LogP contribution in [0, 0.1) is 12.7 Å². The van der Waals surface area contributed by atoms with Gasteiger partial charge in [0, 0.05) is 17.7 Å². The summed E-state index contributed by atoms with van der Waals surface area (Å²) in [5.41, 5.74) is 4.41. The van der Waals surface area contributed by atoms with Crippen LogP contribution in [0.15, 0.2) is 66.7 Å². The second kappa shape index (κ2) is 13.0. The van der Waals surface area contributed by atoms with Gasteiger partial charge in [0.05, 0.1) is 30.3 Å². The molecule has 214 valence electrons. The number of ether oxygens (including phenoxy) is 1. The highest BCUT2D eigenvalue weighted by molar-refractivity contribution is 6.34. The molecule has 0 saturated carbocycles. The number of halogens is 2. The van der Waals surface area contributed by atoms with Crippen molar-refractivity contribution in [2.24, 2.45) is 0 Å². The fourth-order valence-corrected chi connectivity index (χ4v) is 6.19. The Kier molecular flexibility index (Phi) is 9.23. The highest BCUT2D eigenvalue weighted by Gasteiger charge is 2.22. The Morgan fingerprint density at radius 1 is 1.00 bits per heavy atom. The second-order valence-electron chi connectivity index (χ2n) is 10.8. The van der Waals surface area contributed by atoms with Crippen molar-refractivity contribution in [1.29, 1.82) is 0 Å². The number of methoxy groups -OCH3 is 1.